The highest BCUT2D eigenvalue weighted by Crippen LogP contribution is 2.28. The van der Waals surface area contributed by atoms with Gasteiger partial charge in [-0.15, -0.1) is 5.10 Å². The van der Waals surface area contributed by atoms with E-state index in [4.69, 9.17) is 11.6 Å². The highest BCUT2D eigenvalue weighted by molar-refractivity contribution is 9.10. The van der Waals surface area contributed by atoms with Crippen LogP contribution in [0.15, 0.2) is 22.8 Å². The summed E-state index contributed by atoms with van der Waals surface area (Å²) in [6, 6.07) is 2.75. The van der Waals surface area contributed by atoms with Crippen molar-refractivity contribution in [2.75, 3.05) is 0 Å². The lowest BCUT2D eigenvalue weighted by Gasteiger charge is -2.03. The van der Waals surface area contributed by atoms with Crippen molar-refractivity contribution in [2.24, 2.45) is 0 Å². The first-order valence-electron chi connectivity index (χ1n) is 4.14. The molecule has 4 nitrogen and oxygen atoms in total. The Bertz CT molecular complexity index is 534. The van der Waals surface area contributed by atoms with Crippen LogP contribution in [0, 0.1) is 5.82 Å². The summed E-state index contributed by atoms with van der Waals surface area (Å²) in [5.74, 6) is -0.509. The number of halogens is 3. The van der Waals surface area contributed by atoms with Gasteiger partial charge in [0.15, 0.2) is 6.29 Å². The SMILES string of the molecule is O=Cc1cn(-c2cc(F)c(Br)c(Cl)c2)nn1. The summed E-state index contributed by atoms with van der Waals surface area (Å²) in [7, 11) is 0. The Hall–Kier alpha value is -1.27. The Balaban J connectivity index is 2.52. The fraction of sp³-hybridized carbons (Fsp3) is 0. The minimum absolute atomic E-state index is 0.166. The average Bonchev–Trinajstić information content (AvgIpc) is 2.73. The molecule has 0 saturated heterocycles. The Kier molecular flexibility index (Phi) is 3.02. The van der Waals surface area contributed by atoms with Crippen LogP contribution in [0.4, 0.5) is 4.39 Å². The standard InChI is InChI=1S/C9H4BrClFN3O/c10-9-7(11)1-6(2-8(9)12)15-3-5(4-16)13-14-15/h1-4H. The second-order valence-corrected chi connectivity index (χ2v) is 4.13. The van der Waals surface area contributed by atoms with Crippen LogP contribution in [-0.2, 0) is 0 Å². The van der Waals surface area contributed by atoms with E-state index in [1.54, 1.807) is 0 Å². The number of carbonyl (C=O) groups is 1. The monoisotopic (exact) mass is 303 g/mol. The Morgan fingerprint density at radius 3 is 2.81 bits per heavy atom. The van der Waals surface area contributed by atoms with Crippen molar-refractivity contribution in [1.82, 2.24) is 15.0 Å². The number of carbonyl (C=O) groups excluding carboxylic acids is 1. The molecule has 1 aromatic carbocycles. The van der Waals surface area contributed by atoms with Gasteiger partial charge in [0.05, 0.1) is 21.4 Å². The minimum Gasteiger partial charge on any atom is -0.296 e. The summed E-state index contributed by atoms with van der Waals surface area (Å²) in [5, 5.41) is 7.44. The molecule has 0 saturated carbocycles. The lowest BCUT2D eigenvalue weighted by Crippen LogP contribution is -1.96. The topological polar surface area (TPSA) is 47.8 Å². The first kappa shape index (κ1) is 11.2. The first-order chi connectivity index (χ1) is 7.61. The highest BCUT2D eigenvalue weighted by Gasteiger charge is 2.09. The number of hydrogen-bond donors (Lipinski definition) is 0. The summed E-state index contributed by atoms with van der Waals surface area (Å²) < 4.78 is 14.8. The molecule has 0 spiro atoms. The Morgan fingerprint density at radius 1 is 1.50 bits per heavy atom. The van der Waals surface area contributed by atoms with E-state index in [9.17, 15) is 9.18 Å². The molecule has 0 fully saturated rings. The summed E-state index contributed by atoms with van der Waals surface area (Å²) >= 11 is 8.79. The Morgan fingerprint density at radius 2 is 2.25 bits per heavy atom. The number of aromatic nitrogens is 3. The first-order valence-corrected chi connectivity index (χ1v) is 5.31. The molecule has 2 rings (SSSR count). The zero-order valence-corrected chi connectivity index (χ0v) is 10.0. The van der Waals surface area contributed by atoms with Crippen LogP contribution in [0.1, 0.15) is 10.5 Å². The normalized spacial score (nSPS) is 10.4. The van der Waals surface area contributed by atoms with E-state index in [0.29, 0.717) is 12.0 Å². The van der Waals surface area contributed by atoms with Gasteiger partial charge in [0.25, 0.3) is 0 Å². The van der Waals surface area contributed by atoms with Gasteiger partial charge in [0.2, 0.25) is 0 Å². The van der Waals surface area contributed by atoms with Gasteiger partial charge < -0.3 is 0 Å². The lowest BCUT2D eigenvalue weighted by molar-refractivity contribution is 0.111. The van der Waals surface area contributed by atoms with Gasteiger partial charge in [0.1, 0.15) is 11.5 Å². The molecular formula is C9H4BrClFN3O. The van der Waals surface area contributed by atoms with Crippen LogP contribution in [0.2, 0.25) is 5.02 Å². The fourth-order valence-corrected chi connectivity index (χ4v) is 1.56. The van der Waals surface area contributed by atoms with E-state index in [0.717, 1.165) is 0 Å². The van der Waals surface area contributed by atoms with Crippen LogP contribution in [0.3, 0.4) is 0 Å². The van der Waals surface area contributed by atoms with Crippen molar-refractivity contribution in [2.45, 2.75) is 0 Å². The second-order valence-electron chi connectivity index (χ2n) is 2.93. The van der Waals surface area contributed by atoms with Crippen molar-refractivity contribution in [3.63, 3.8) is 0 Å². The maximum Gasteiger partial charge on any atom is 0.171 e. The van der Waals surface area contributed by atoms with Crippen LogP contribution in [0.25, 0.3) is 5.69 Å². The number of rotatable bonds is 2. The molecule has 0 aliphatic heterocycles. The smallest absolute Gasteiger partial charge is 0.171 e. The number of aldehydes is 1. The fourth-order valence-electron chi connectivity index (χ4n) is 1.13. The third-order valence-electron chi connectivity index (χ3n) is 1.86. The maximum atomic E-state index is 13.4. The van der Waals surface area contributed by atoms with Gasteiger partial charge in [-0.3, -0.25) is 4.79 Å². The number of benzene rings is 1. The number of nitrogens with zero attached hydrogens (tertiary/aromatic N) is 3. The van der Waals surface area contributed by atoms with Gasteiger partial charge in [-0.1, -0.05) is 16.8 Å². The van der Waals surface area contributed by atoms with Crippen molar-refractivity contribution in [1.29, 1.82) is 0 Å². The van der Waals surface area contributed by atoms with Gasteiger partial charge >= 0.3 is 0 Å². The highest BCUT2D eigenvalue weighted by atomic mass is 79.9. The summed E-state index contributed by atoms with van der Waals surface area (Å²) in [6.45, 7) is 0. The van der Waals surface area contributed by atoms with Crippen LogP contribution in [0.5, 0.6) is 0 Å². The molecule has 0 atom stereocenters. The van der Waals surface area contributed by atoms with Crippen molar-refractivity contribution in [3.8, 4) is 5.69 Å². The zero-order chi connectivity index (χ0) is 11.7. The molecule has 0 aliphatic carbocycles. The molecule has 0 N–H and O–H groups in total. The zero-order valence-electron chi connectivity index (χ0n) is 7.69. The van der Waals surface area contributed by atoms with Crippen LogP contribution < -0.4 is 0 Å². The molecule has 0 amide bonds. The van der Waals surface area contributed by atoms with E-state index >= 15 is 0 Å². The van der Waals surface area contributed by atoms with Crippen LogP contribution in [-0.4, -0.2) is 21.3 Å². The molecule has 2 aromatic rings. The maximum absolute atomic E-state index is 13.4. The van der Waals surface area contributed by atoms with Gasteiger partial charge in [-0.2, -0.15) is 0 Å². The quantitative estimate of drug-likeness (QED) is 0.633. The van der Waals surface area contributed by atoms with E-state index in [1.807, 2.05) is 0 Å². The van der Waals surface area contributed by atoms with Gasteiger partial charge in [-0.05, 0) is 22.0 Å². The molecule has 0 unspecified atom stereocenters. The summed E-state index contributed by atoms with van der Waals surface area (Å²) in [4.78, 5) is 10.4. The molecule has 16 heavy (non-hydrogen) atoms. The molecule has 0 aliphatic rings. The molecule has 0 radical (unpaired) electrons. The second kappa shape index (κ2) is 4.31. The van der Waals surface area contributed by atoms with Crippen molar-refractivity contribution >= 4 is 33.8 Å². The molecule has 1 aromatic heterocycles. The van der Waals surface area contributed by atoms with E-state index in [-0.39, 0.29) is 15.2 Å². The van der Waals surface area contributed by atoms with E-state index in [1.165, 1.54) is 23.0 Å². The van der Waals surface area contributed by atoms with E-state index < -0.39 is 5.82 Å². The lowest BCUT2D eigenvalue weighted by atomic mass is 10.3. The predicted molar refractivity (Wildman–Crippen MR) is 59.4 cm³/mol. The number of hydrogen-bond acceptors (Lipinski definition) is 3. The largest absolute Gasteiger partial charge is 0.296 e. The third-order valence-corrected chi connectivity index (χ3v) is 3.20. The molecule has 7 heteroatoms. The van der Waals surface area contributed by atoms with Crippen molar-refractivity contribution < 1.29 is 9.18 Å². The Labute approximate surface area is 103 Å². The van der Waals surface area contributed by atoms with Crippen molar-refractivity contribution in [3.05, 3.63) is 39.3 Å². The third kappa shape index (κ3) is 1.98. The minimum atomic E-state index is -0.509. The van der Waals surface area contributed by atoms with E-state index in [2.05, 4.69) is 26.2 Å². The van der Waals surface area contributed by atoms with Gasteiger partial charge in [-0.25, -0.2) is 9.07 Å². The summed E-state index contributed by atoms with van der Waals surface area (Å²) in [6.07, 6.45) is 1.94. The summed E-state index contributed by atoms with van der Waals surface area (Å²) in [5.41, 5.74) is 0.561. The van der Waals surface area contributed by atoms with Gasteiger partial charge in [0, 0.05) is 6.07 Å². The van der Waals surface area contributed by atoms with Crippen LogP contribution >= 0.6 is 27.5 Å². The average molecular weight is 305 g/mol. The molecular weight excluding hydrogens is 300 g/mol. The molecule has 1 heterocycles. The molecule has 82 valence electrons. The predicted octanol–water partition coefficient (Wildman–Crippen LogP) is 2.63. The molecule has 0 bridgehead atoms.